The third kappa shape index (κ3) is 6.98. The van der Waals surface area contributed by atoms with Crippen molar-refractivity contribution in [1.29, 1.82) is 0 Å². The summed E-state index contributed by atoms with van der Waals surface area (Å²) in [5.41, 5.74) is 2.66. The molecule has 0 spiro atoms. The number of amides is 2. The number of hydrogen-bond donors (Lipinski definition) is 3. The maximum atomic E-state index is 13.5. The van der Waals surface area contributed by atoms with E-state index in [9.17, 15) is 14.7 Å². The van der Waals surface area contributed by atoms with Gasteiger partial charge in [-0.15, -0.1) is 0 Å². The van der Waals surface area contributed by atoms with E-state index in [4.69, 9.17) is 4.42 Å². The number of carbonyl (C=O) groups is 2. The Morgan fingerprint density at radius 3 is 2.55 bits per heavy atom. The first-order valence-electron chi connectivity index (χ1n) is 14.6. The number of benzene rings is 2. The molecule has 1 aromatic heterocycles. The summed E-state index contributed by atoms with van der Waals surface area (Å²) in [6, 6.07) is 16.4. The molecular weight excluding hydrogens is 504 g/mol. The van der Waals surface area contributed by atoms with E-state index in [1.54, 1.807) is 35.4 Å². The molecule has 1 aliphatic carbocycles. The number of likely N-dealkylation sites (tertiary alicyclic amines) is 1. The summed E-state index contributed by atoms with van der Waals surface area (Å²) in [5, 5.41) is 17.7. The minimum Gasteiger partial charge on any atom is -0.446 e. The van der Waals surface area contributed by atoms with Crippen LogP contribution in [0, 0.1) is 6.92 Å². The fraction of sp³-hybridized carbons (Fsp3) is 0.469. The number of oxazole rings is 1. The number of carbonyl (C=O) groups excluding carboxylic acids is 2. The fourth-order valence-electron chi connectivity index (χ4n) is 5.89. The molecule has 0 unspecified atom stereocenters. The molecule has 3 N–H and O–H groups in total. The van der Waals surface area contributed by atoms with E-state index in [0.29, 0.717) is 42.6 Å². The number of hydrogen-bond acceptors (Lipinski definition) is 6. The zero-order valence-electron chi connectivity index (χ0n) is 23.2. The summed E-state index contributed by atoms with van der Waals surface area (Å²) in [5.74, 6) is 0.0935. The van der Waals surface area contributed by atoms with E-state index in [0.717, 1.165) is 36.9 Å². The van der Waals surface area contributed by atoms with Crippen molar-refractivity contribution in [3.8, 4) is 0 Å². The van der Waals surface area contributed by atoms with Crippen molar-refractivity contribution in [2.75, 3.05) is 13.1 Å². The number of aryl methyl sites for hydroxylation is 1. The number of nitrogens with one attached hydrogen (secondary N) is 2. The molecule has 0 radical (unpaired) electrons. The average Bonchev–Trinajstić information content (AvgIpc) is 3.65. The summed E-state index contributed by atoms with van der Waals surface area (Å²) in [7, 11) is 0. The molecule has 212 valence electrons. The van der Waals surface area contributed by atoms with Crippen molar-refractivity contribution in [2.45, 2.75) is 82.5 Å². The lowest BCUT2D eigenvalue weighted by Crippen LogP contribution is -2.50. The lowest BCUT2D eigenvalue weighted by Gasteiger charge is -2.28. The van der Waals surface area contributed by atoms with Gasteiger partial charge in [0.25, 0.3) is 11.8 Å². The van der Waals surface area contributed by atoms with Gasteiger partial charge in [-0.2, -0.15) is 0 Å². The van der Waals surface area contributed by atoms with Crippen molar-refractivity contribution in [3.63, 3.8) is 0 Å². The van der Waals surface area contributed by atoms with Crippen LogP contribution in [0.5, 0.6) is 0 Å². The van der Waals surface area contributed by atoms with Crippen LogP contribution in [0.3, 0.4) is 0 Å². The molecule has 2 aromatic carbocycles. The van der Waals surface area contributed by atoms with Gasteiger partial charge in [0.2, 0.25) is 5.89 Å². The lowest BCUT2D eigenvalue weighted by atomic mass is 9.95. The predicted octanol–water partition coefficient (Wildman–Crippen LogP) is 4.58. The topological polar surface area (TPSA) is 108 Å². The Bertz CT molecular complexity index is 1270. The van der Waals surface area contributed by atoms with Crippen LogP contribution in [-0.2, 0) is 6.42 Å². The second-order valence-electron chi connectivity index (χ2n) is 11.1. The van der Waals surface area contributed by atoms with Crippen molar-refractivity contribution < 1.29 is 19.1 Å². The summed E-state index contributed by atoms with van der Waals surface area (Å²) >= 11 is 0. The standard InChI is InChI=1S/C32H40N4O4/c1-22-21-40-31(34-22)28-16-9-17-36(28)32(39)25-13-8-12-24(19-25)30(38)35-27(18-23-10-4-2-5-11-23)29(37)20-33-26-14-6-3-7-15-26/h2,4-5,8,10-13,19,21,26-29,33,37H,3,6-7,9,14-18,20H2,1H3,(H,35,38)/t27-,28+,29-/m0/s1. The maximum absolute atomic E-state index is 13.5. The van der Waals surface area contributed by atoms with Crippen LogP contribution >= 0.6 is 0 Å². The van der Waals surface area contributed by atoms with Gasteiger partial charge in [-0.3, -0.25) is 9.59 Å². The van der Waals surface area contributed by atoms with Gasteiger partial charge in [0.1, 0.15) is 12.3 Å². The summed E-state index contributed by atoms with van der Waals surface area (Å²) in [4.78, 5) is 33.2. The lowest BCUT2D eigenvalue weighted by molar-refractivity contribution is 0.0715. The normalized spacial score (nSPS) is 19.4. The van der Waals surface area contributed by atoms with E-state index in [1.807, 2.05) is 37.3 Å². The van der Waals surface area contributed by atoms with E-state index in [2.05, 4.69) is 15.6 Å². The van der Waals surface area contributed by atoms with Crippen LogP contribution in [0.2, 0.25) is 0 Å². The van der Waals surface area contributed by atoms with Crippen LogP contribution in [0.1, 0.15) is 88.9 Å². The fourth-order valence-corrected chi connectivity index (χ4v) is 5.89. The monoisotopic (exact) mass is 544 g/mol. The number of rotatable bonds is 10. The molecule has 1 saturated carbocycles. The largest absolute Gasteiger partial charge is 0.446 e. The first kappa shape index (κ1) is 28.1. The SMILES string of the molecule is Cc1coc([C@H]2CCCN2C(=O)c2cccc(C(=O)N[C@@H](Cc3ccccc3)[C@@H](O)CNC3CCCCC3)c2)n1. The smallest absolute Gasteiger partial charge is 0.254 e. The first-order chi connectivity index (χ1) is 19.5. The Kier molecular flexibility index (Phi) is 9.29. The third-order valence-corrected chi connectivity index (χ3v) is 8.11. The van der Waals surface area contributed by atoms with Crippen LogP contribution in [0.25, 0.3) is 0 Å². The van der Waals surface area contributed by atoms with Crippen molar-refractivity contribution in [3.05, 3.63) is 89.1 Å². The van der Waals surface area contributed by atoms with Gasteiger partial charge in [0.15, 0.2) is 0 Å². The first-order valence-corrected chi connectivity index (χ1v) is 14.6. The Balaban J connectivity index is 1.28. The Labute approximate surface area is 236 Å². The molecule has 8 heteroatoms. The van der Waals surface area contributed by atoms with Crippen LogP contribution in [0.15, 0.2) is 65.3 Å². The van der Waals surface area contributed by atoms with Crippen molar-refractivity contribution in [1.82, 2.24) is 20.5 Å². The quantitative estimate of drug-likeness (QED) is 0.345. The van der Waals surface area contributed by atoms with E-state index >= 15 is 0 Å². The summed E-state index contributed by atoms with van der Waals surface area (Å²) in [6.45, 7) is 2.89. The molecular formula is C32H40N4O4. The van der Waals surface area contributed by atoms with Gasteiger partial charge in [0.05, 0.1) is 17.8 Å². The Morgan fingerprint density at radius 2 is 1.80 bits per heavy atom. The molecule has 2 fully saturated rings. The van der Waals surface area contributed by atoms with E-state index < -0.39 is 12.1 Å². The Morgan fingerprint density at radius 1 is 1.02 bits per heavy atom. The molecule has 1 saturated heterocycles. The van der Waals surface area contributed by atoms with Crippen LogP contribution in [0.4, 0.5) is 0 Å². The molecule has 3 atom stereocenters. The van der Waals surface area contributed by atoms with Crippen molar-refractivity contribution in [2.24, 2.45) is 0 Å². The molecule has 0 bridgehead atoms. The van der Waals surface area contributed by atoms with Gasteiger partial charge < -0.3 is 25.1 Å². The number of aliphatic hydroxyl groups is 1. The van der Waals surface area contributed by atoms with Crippen LogP contribution in [-0.4, -0.2) is 58.1 Å². The summed E-state index contributed by atoms with van der Waals surface area (Å²) in [6.07, 6.45) is 8.94. The zero-order chi connectivity index (χ0) is 27.9. The van der Waals surface area contributed by atoms with Crippen molar-refractivity contribution >= 4 is 11.8 Å². The maximum Gasteiger partial charge on any atom is 0.254 e. The minimum atomic E-state index is -0.759. The highest BCUT2D eigenvalue weighted by molar-refractivity contribution is 6.00. The van der Waals surface area contributed by atoms with Gasteiger partial charge in [0, 0.05) is 30.3 Å². The van der Waals surface area contributed by atoms with E-state index in [-0.39, 0.29) is 17.9 Å². The van der Waals surface area contributed by atoms with Gasteiger partial charge in [-0.05, 0) is 62.8 Å². The second-order valence-corrected chi connectivity index (χ2v) is 11.1. The molecule has 8 nitrogen and oxygen atoms in total. The second kappa shape index (κ2) is 13.2. The number of aromatic nitrogens is 1. The molecule has 5 rings (SSSR count). The molecule has 2 amide bonds. The molecule has 40 heavy (non-hydrogen) atoms. The Hall–Kier alpha value is -3.49. The molecule has 3 aromatic rings. The van der Waals surface area contributed by atoms with Gasteiger partial charge >= 0.3 is 0 Å². The zero-order valence-corrected chi connectivity index (χ0v) is 23.2. The molecule has 2 heterocycles. The number of nitrogens with zero attached hydrogens (tertiary/aromatic N) is 2. The third-order valence-electron chi connectivity index (χ3n) is 8.11. The number of aliphatic hydroxyl groups excluding tert-OH is 1. The predicted molar refractivity (Wildman–Crippen MR) is 153 cm³/mol. The molecule has 2 aliphatic rings. The summed E-state index contributed by atoms with van der Waals surface area (Å²) < 4.78 is 5.60. The average molecular weight is 545 g/mol. The molecule has 1 aliphatic heterocycles. The highest BCUT2D eigenvalue weighted by Gasteiger charge is 2.34. The van der Waals surface area contributed by atoms with Crippen LogP contribution < -0.4 is 10.6 Å². The minimum absolute atomic E-state index is 0.148. The van der Waals surface area contributed by atoms with Gasteiger partial charge in [-0.1, -0.05) is 55.7 Å². The highest BCUT2D eigenvalue weighted by Crippen LogP contribution is 2.32. The van der Waals surface area contributed by atoms with Gasteiger partial charge in [-0.25, -0.2) is 4.98 Å². The van der Waals surface area contributed by atoms with E-state index in [1.165, 1.54) is 19.3 Å². The highest BCUT2D eigenvalue weighted by atomic mass is 16.3.